The minimum Gasteiger partial charge on any atom is -0.352 e. The van der Waals surface area contributed by atoms with E-state index in [1.807, 2.05) is 18.2 Å². The van der Waals surface area contributed by atoms with Gasteiger partial charge in [-0.1, -0.05) is 43.3 Å². The van der Waals surface area contributed by atoms with Gasteiger partial charge in [-0.2, -0.15) is 0 Å². The van der Waals surface area contributed by atoms with E-state index >= 15 is 0 Å². The van der Waals surface area contributed by atoms with Gasteiger partial charge in [0.05, 0.1) is 23.5 Å². The third-order valence-electron chi connectivity index (χ3n) is 7.33. The molecule has 0 spiro atoms. The van der Waals surface area contributed by atoms with Crippen molar-refractivity contribution in [3.8, 4) is 5.69 Å². The van der Waals surface area contributed by atoms with E-state index in [1.165, 1.54) is 17.3 Å². The smallest absolute Gasteiger partial charge is 0.226 e. The van der Waals surface area contributed by atoms with Crippen LogP contribution in [0.2, 0.25) is 0 Å². The number of carbonyl (C=O) groups is 1. The number of aromatic nitrogens is 2. The minimum absolute atomic E-state index is 0.152. The second-order valence-electron chi connectivity index (χ2n) is 9.74. The number of nitrogens with zero attached hydrogens (tertiary/aromatic N) is 3. The average Bonchev–Trinajstić information content (AvgIpc) is 3.43. The average molecular weight is 542 g/mol. The number of anilines is 1. The van der Waals surface area contributed by atoms with E-state index in [1.54, 1.807) is 24.4 Å². The molecule has 1 saturated heterocycles. The van der Waals surface area contributed by atoms with E-state index in [2.05, 4.69) is 76.2 Å². The number of aryl methyl sites for hydroxylation is 2. The largest absolute Gasteiger partial charge is 0.352 e. The monoisotopic (exact) mass is 541 g/mol. The quantitative estimate of drug-likeness (QED) is 0.261. The molecule has 5 rings (SSSR count). The molecule has 0 radical (unpaired) electrons. The topological polar surface area (TPSA) is 62.2 Å². The van der Waals surface area contributed by atoms with Gasteiger partial charge in [0.1, 0.15) is 5.82 Å². The zero-order valence-corrected chi connectivity index (χ0v) is 23.1. The second-order valence-corrected chi connectivity index (χ2v) is 10.1. The van der Waals surface area contributed by atoms with E-state index in [9.17, 15) is 9.18 Å². The molecule has 0 aliphatic carbocycles. The van der Waals surface area contributed by atoms with Crippen LogP contribution < -0.4 is 10.6 Å². The highest BCUT2D eigenvalue weighted by Crippen LogP contribution is 2.41. The number of amides is 1. The summed E-state index contributed by atoms with van der Waals surface area (Å²) in [6.07, 6.45) is 2.86. The first-order chi connectivity index (χ1) is 18.9. The molecule has 2 N–H and O–H groups in total. The summed E-state index contributed by atoms with van der Waals surface area (Å²) in [6.45, 7) is 6.79. The minimum atomic E-state index is -0.461. The molecule has 6 nitrogen and oxygen atoms in total. The number of pyridine rings is 1. The third-order valence-corrected chi connectivity index (χ3v) is 7.68. The fraction of sp³-hybridized carbons (Fsp3) is 0.258. The predicted molar refractivity (Wildman–Crippen MR) is 156 cm³/mol. The van der Waals surface area contributed by atoms with Crippen LogP contribution in [0.5, 0.6) is 0 Å². The highest BCUT2D eigenvalue weighted by Gasteiger charge is 2.41. The summed E-state index contributed by atoms with van der Waals surface area (Å²) in [7, 11) is 0. The lowest BCUT2D eigenvalue weighted by atomic mass is 9.96. The highest BCUT2D eigenvalue weighted by atomic mass is 32.1. The third kappa shape index (κ3) is 5.29. The van der Waals surface area contributed by atoms with Gasteiger partial charge < -0.3 is 20.1 Å². The number of nitrogens with one attached hydrogen (secondary N) is 2. The first kappa shape index (κ1) is 26.6. The fourth-order valence-corrected chi connectivity index (χ4v) is 5.80. The van der Waals surface area contributed by atoms with E-state index in [-0.39, 0.29) is 30.1 Å². The van der Waals surface area contributed by atoms with Crippen molar-refractivity contribution in [3.63, 3.8) is 0 Å². The Labute approximate surface area is 233 Å². The molecule has 0 unspecified atom stereocenters. The summed E-state index contributed by atoms with van der Waals surface area (Å²) in [5, 5.41) is 6.71. The Hall–Kier alpha value is -4.04. The molecular formula is C31H32FN5OS. The Kier molecular flexibility index (Phi) is 7.74. The molecule has 3 heterocycles. The van der Waals surface area contributed by atoms with Gasteiger partial charge >= 0.3 is 0 Å². The number of thiocarbonyl (C=S) groups is 1. The van der Waals surface area contributed by atoms with Crippen molar-refractivity contribution in [2.75, 3.05) is 11.9 Å². The standard InChI is InChI=1S/C31H32FN5OS/c1-4-22-11-5-8-15-27(22)37-20(2)19-23(21(37)3)30-29(26-14-9-10-17-33-26)35-31(39)36(30)18-16-28(38)34-25-13-7-6-12-24(25)32/h5-15,17,19,29-30H,4,16,18H2,1-3H3,(H,34,38)(H,35,39)/t29-,30+/m1/s1. The van der Waals surface area contributed by atoms with Gasteiger partial charge in [-0.05, 0) is 80.0 Å². The summed E-state index contributed by atoms with van der Waals surface area (Å²) in [6, 6.07) is 22.3. The maximum atomic E-state index is 14.1. The number of hydrogen-bond donors (Lipinski definition) is 2. The number of para-hydroxylation sites is 2. The maximum absolute atomic E-state index is 14.1. The van der Waals surface area contributed by atoms with Crippen LogP contribution in [-0.4, -0.2) is 32.0 Å². The molecule has 8 heteroatoms. The summed E-state index contributed by atoms with van der Waals surface area (Å²) in [5.41, 5.74) is 6.85. The van der Waals surface area contributed by atoms with Gasteiger partial charge in [0.15, 0.2) is 5.11 Å². The molecule has 1 amide bonds. The van der Waals surface area contributed by atoms with Gasteiger partial charge in [0.2, 0.25) is 5.91 Å². The fourth-order valence-electron chi connectivity index (χ4n) is 5.47. The Bertz CT molecular complexity index is 1500. The summed E-state index contributed by atoms with van der Waals surface area (Å²) >= 11 is 5.80. The predicted octanol–water partition coefficient (Wildman–Crippen LogP) is 6.19. The number of benzene rings is 2. The molecular weight excluding hydrogens is 509 g/mol. The summed E-state index contributed by atoms with van der Waals surface area (Å²) in [5.74, 6) is -0.734. The van der Waals surface area contributed by atoms with Gasteiger partial charge in [0, 0.05) is 36.2 Å². The normalized spacial score (nSPS) is 16.8. The Balaban J connectivity index is 1.49. The molecule has 2 atom stereocenters. The van der Waals surface area contributed by atoms with Crippen LogP contribution in [0.3, 0.4) is 0 Å². The SMILES string of the molecule is CCc1ccccc1-n1c(C)cc([C@H]2[C@@H](c3ccccn3)NC(=S)N2CCC(=O)Nc2ccccc2F)c1C. The Morgan fingerprint density at radius 3 is 2.56 bits per heavy atom. The molecule has 39 heavy (non-hydrogen) atoms. The van der Waals surface area contributed by atoms with Crippen molar-refractivity contribution >= 4 is 28.9 Å². The van der Waals surface area contributed by atoms with Gasteiger partial charge in [-0.15, -0.1) is 0 Å². The number of halogens is 1. The van der Waals surface area contributed by atoms with Crippen molar-refractivity contribution in [2.24, 2.45) is 0 Å². The number of carbonyl (C=O) groups excluding carboxylic acids is 1. The second kappa shape index (κ2) is 11.4. The van der Waals surface area contributed by atoms with Crippen molar-refractivity contribution < 1.29 is 9.18 Å². The molecule has 1 fully saturated rings. The molecule has 0 bridgehead atoms. The van der Waals surface area contributed by atoms with Crippen molar-refractivity contribution in [2.45, 2.75) is 45.7 Å². The van der Waals surface area contributed by atoms with Gasteiger partial charge in [0.25, 0.3) is 0 Å². The van der Waals surface area contributed by atoms with Crippen LogP contribution in [0.15, 0.2) is 79.0 Å². The van der Waals surface area contributed by atoms with E-state index < -0.39 is 5.82 Å². The lowest BCUT2D eigenvalue weighted by molar-refractivity contribution is -0.116. The molecule has 2 aromatic carbocycles. The molecule has 1 aliphatic rings. The van der Waals surface area contributed by atoms with E-state index in [4.69, 9.17) is 12.2 Å². The molecule has 2 aromatic heterocycles. The first-order valence-corrected chi connectivity index (χ1v) is 13.6. The molecule has 1 aliphatic heterocycles. The first-order valence-electron chi connectivity index (χ1n) is 13.2. The van der Waals surface area contributed by atoms with Crippen LogP contribution in [0.1, 0.15) is 53.6 Å². The van der Waals surface area contributed by atoms with Crippen molar-refractivity contribution in [1.82, 2.24) is 19.8 Å². The van der Waals surface area contributed by atoms with E-state index in [0.29, 0.717) is 11.7 Å². The number of hydrogen-bond acceptors (Lipinski definition) is 3. The zero-order valence-electron chi connectivity index (χ0n) is 22.3. The van der Waals surface area contributed by atoms with Crippen LogP contribution in [0.25, 0.3) is 5.69 Å². The lowest BCUT2D eigenvalue weighted by Crippen LogP contribution is -2.33. The highest BCUT2D eigenvalue weighted by molar-refractivity contribution is 7.80. The van der Waals surface area contributed by atoms with Crippen molar-refractivity contribution in [3.05, 3.63) is 113 Å². The Morgan fingerprint density at radius 2 is 1.82 bits per heavy atom. The molecule has 200 valence electrons. The Morgan fingerprint density at radius 1 is 1.08 bits per heavy atom. The van der Waals surface area contributed by atoms with Crippen LogP contribution in [0, 0.1) is 19.7 Å². The van der Waals surface area contributed by atoms with Crippen LogP contribution in [-0.2, 0) is 11.2 Å². The van der Waals surface area contributed by atoms with Crippen molar-refractivity contribution in [1.29, 1.82) is 0 Å². The molecule has 0 saturated carbocycles. The summed E-state index contributed by atoms with van der Waals surface area (Å²) in [4.78, 5) is 19.5. The lowest BCUT2D eigenvalue weighted by Gasteiger charge is -2.28. The van der Waals surface area contributed by atoms with Crippen LogP contribution in [0.4, 0.5) is 10.1 Å². The van der Waals surface area contributed by atoms with E-state index in [0.717, 1.165) is 29.1 Å². The van der Waals surface area contributed by atoms with Crippen LogP contribution >= 0.6 is 12.2 Å². The summed E-state index contributed by atoms with van der Waals surface area (Å²) < 4.78 is 16.4. The van der Waals surface area contributed by atoms with Gasteiger partial charge in [-0.25, -0.2) is 4.39 Å². The maximum Gasteiger partial charge on any atom is 0.226 e. The molecule has 4 aromatic rings. The zero-order chi connectivity index (χ0) is 27.5. The number of rotatable bonds is 8. The van der Waals surface area contributed by atoms with Gasteiger partial charge in [-0.3, -0.25) is 9.78 Å².